The first kappa shape index (κ1) is 11.1. The van der Waals surface area contributed by atoms with Gasteiger partial charge >= 0.3 is 0 Å². The maximum Gasteiger partial charge on any atom is 0.117 e. The fourth-order valence-electron chi connectivity index (χ4n) is 0.925. The summed E-state index contributed by atoms with van der Waals surface area (Å²) in [6.07, 6.45) is -0.229. The van der Waals surface area contributed by atoms with Crippen LogP contribution in [0.15, 0.2) is 0 Å². The van der Waals surface area contributed by atoms with Crippen LogP contribution in [0.1, 0.15) is 13.8 Å². The predicted octanol–water partition coefficient (Wildman–Crippen LogP) is 1.14. The Morgan fingerprint density at radius 2 is 2.27 bits per heavy atom. The largest absolute Gasteiger partial charge is 0.372 e. The zero-order valence-electron chi connectivity index (χ0n) is 6.89. The summed E-state index contributed by atoms with van der Waals surface area (Å²) in [6.45, 7) is 4.93. The smallest absolute Gasteiger partial charge is 0.117 e. The van der Waals surface area contributed by atoms with Gasteiger partial charge in [0.2, 0.25) is 0 Å². The highest BCUT2D eigenvalue weighted by Crippen LogP contribution is 2.10. The SMILES string of the molecule is CC1(C)COC(CF)CN1.Cl. The highest BCUT2D eigenvalue weighted by Gasteiger charge is 2.26. The van der Waals surface area contributed by atoms with E-state index in [2.05, 4.69) is 5.32 Å². The van der Waals surface area contributed by atoms with Crippen molar-refractivity contribution in [3.05, 3.63) is 0 Å². The Kier molecular flexibility index (Phi) is 4.29. The fraction of sp³-hybridized carbons (Fsp3) is 1.00. The third kappa shape index (κ3) is 3.36. The molecule has 0 spiro atoms. The van der Waals surface area contributed by atoms with Crippen molar-refractivity contribution in [3.8, 4) is 0 Å². The number of nitrogens with one attached hydrogen (secondary N) is 1. The number of hydrogen-bond donors (Lipinski definition) is 1. The van der Waals surface area contributed by atoms with Crippen LogP contribution in [0.4, 0.5) is 4.39 Å². The molecule has 1 rings (SSSR count). The topological polar surface area (TPSA) is 21.3 Å². The molecule has 1 unspecified atom stereocenters. The molecule has 1 heterocycles. The van der Waals surface area contributed by atoms with E-state index in [0.717, 1.165) is 0 Å². The maximum absolute atomic E-state index is 12.0. The van der Waals surface area contributed by atoms with E-state index in [4.69, 9.17) is 4.74 Å². The summed E-state index contributed by atoms with van der Waals surface area (Å²) in [5, 5.41) is 3.19. The summed E-state index contributed by atoms with van der Waals surface area (Å²) in [5.41, 5.74) is 0.0195. The molecule has 11 heavy (non-hydrogen) atoms. The van der Waals surface area contributed by atoms with Gasteiger partial charge < -0.3 is 10.1 Å². The van der Waals surface area contributed by atoms with Crippen LogP contribution >= 0.6 is 12.4 Å². The highest BCUT2D eigenvalue weighted by atomic mass is 35.5. The van der Waals surface area contributed by atoms with Crippen molar-refractivity contribution in [1.29, 1.82) is 0 Å². The fourth-order valence-corrected chi connectivity index (χ4v) is 0.925. The van der Waals surface area contributed by atoms with E-state index in [0.29, 0.717) is 13.2 Å². The first-order valence-corrected chi connectivity index (χ1v) is 3.57. The first-order valence-electron chi connectivity index (χ1n) is 3.57. The lowest BCUT2D eigenvalue weighted by atomic mass is 10.1. The van der Waals surface area contributed by atoms with Crippen LogP contribution in [-0.2, 0) is 4.74 Å². The lowest BCUT2D eigenvalue weighted by molar-refractivity contribution is -0.0316. The van der Waals surface area contributed by atoms with E-state index >= 15 is 0 Å². The van der Waals surface area contributed by atoms with Crippen molar-refractivity contribution in [2.45, 2.75) is 25.5 Å². The Balaban J connectivity index is 0.000001000. The monoisotopic (exact) mass is 183 g/mol. The number of alkyl halides is 1. The molecule has 0 aliphatic carbocycles. The predicted molar refractivity (Wildman–Crippen MR) is 45.0 cm³/mol. The lowest BCUT2D eigenvalue weighted by Crippen LogP contribution is -2.53. The number of morpholine rings is 1. The molecule has 1 aliphatic rings. The van der Waals surface area contributed by atoms with Gasteiger partial charge in [-0.25, -0.2) is 4.39 Å². The summed E-state index contributed by atoms with van der Waals surface area (Å²) in [5.74, 6) is 0. The Morgan fingerprint density at radius 3 is 2.64 bits per heavy atom. The normalized spacial score (nSPS) is 29.2. The van der Waals surface area contributed by atoms with Gasteiger partial charge in [0.05, 0.1) is 12.7 Å². The molecule has 0 radical (unpaired) electrons. The second kappa shape index (κ2) is 4.24. The van der Waals surface area contributed by atoms with Crippen LogP contribution in [0.25, 0.3) is 0 Å². The van der Waals surface area contributed by atoms with Gasteiger partial charge in [0.25, 0.3) is 0 Å². The lowest BCUT2D eigenvalue weighted by Gasteiger charge is -2.34. The van der Waals surface area contributed by atoms with Gasteiger partial charge in [-0.1, -0.05) is 0 Å². The second-order valence-electron chi connectivity index (χ2n) is 3.35. The van der Waals surface area contributed by atoms with Crippen LogP contribution in [0.5, 0.6) is 0 Å². The van der Waals surface area contributed by atoms with Crippen molar-refractivity contribution < 1.29 is 9.13 Å². The van der Waals surface area contributed by atoms with E-state index < -0.39 is 0 Å². The van der Waals surface area contributed by atoms with E-state index in [9.17, 15) is 4.39 Å². The number of halogens is 2. The second-order valence-corrected chi connectivity index (χ2v) is 3.35. The summed E-state index contributed by atoms with van der Waals surface area (Å²) in [4.78, 5) is 0. The molecule has 1 fully saturated rings. The molecule has 0 bridgehead atoms. The van der Waals surface area contributed by atoms with Crippen LogP contribution in [0.2, 0.25) is 0 Å². The van der Waals surface area contributed by atoms with Gasteiger partial charge in [-0.3, -0.25) is 0 Å². The maximum atomic E-state index is 12.0. The average Bonchev–Trinajstić information content (AvgIpc) is 1.88. The van der Waals surface area contributed by atoms with Gasteiger partial charge in [0, 0.05) is 12.1 Å². The molecular weight excluding hydrogens is 169 g/mol. The van der Waals surface area contributed by atoms with Gasteiger partial charge in [0.15, 0.2) is 0 Å². The van der Waals surface area contributed by atoms with Crippen molar-refractivity contribution in [3.63, 3.8) is 0 Å². The number of ether oxygens (including phenoxy) is 1. The van der Waals surface area contributed by atoms with Crippen molar-refractivity contribution in [1.82, 2.24) is 5.32 Å². The molecule has 0 aromatic carbocycles. The molecule has 0 aromatic heterocycles. The van der Waals surface area contributed by atoms with Gasteiger partial charge in [-0.15, -0.1) is 12.4 Å². The summed E-state index contributed by atoms with van der Waals surface area (Å²) in [6, 6.07) is 0. The summed E-state index contributed by atoms with van der Waals surface area (Å²) >= 11 is 0. The molecule has 1 N–H and O–H groups in total. The Morgan fingerprint density at radius 1 is 1.64 bits per heavy atom. The molecular formula is C7H15ClFNO. The third-order valence-corrected chi connectivity index (χ3v) is 1.66. The van der Waals surface area contributed by atoms with Crippen molar-refractivity contribution >= 4 is 12.4 Å². The Bertz CT molecular complexity index is 111. The molecule has 0 saturated carbocycles. The molecule has 1 aliphatic heterocycles. The zero-order chi connectivity index (χ0) is 7.61. The minimum atomic E-state index is -0.386. The average molecular weight is 184 g/mol. The molecule has 1 atom stereocenters. The van der Waals surface area contributed by atoms with Crippen molar-refractivity contribution in [2.75, 3.05) is 19.8 Å². The molecule has 1 saturated heterocycles. The van der Waals surface area contributed by atoms with E-state index in [-0.39, 0.29) is 30.7 Å². The van der Waals surface area contributed by atoms with Crippen molar-refractivity contribution in [2.24, 2.45) is 0 Å². The standard InChI is InChI=1S/C7H14FNO.ClH/c1-7(2)5-10-6(3-8)4-9-7;/h6,9H,3-5H2,1-2H3;1H. The van der Waals surface area contributed by atoms with E-state index in [1.54, 1.807) is 0 Å². The minimum Gasteiger partial charge on any atom is -0.372 e. The summed E-state index contributed by atoms with van der Waals surface area (Å²) in [7, 11) is 0. The van der Waals surface area contributed by atoms with Crippen LogP contribution in [0.3, 0.4) is 0 Å². The van der Waals surface area contributed by atoms with Crippen LogP contribution in [0, 0.1) is 0 Å². The van der Waals surface area contributed by atoms with E-state index in [1.165, 1.54) is 0 Å². The number of rotatable bonds is 1. The van der Waals surface area contributed by atoms with Gasteiger partial charge in [-0.05, 0) is 13.8 Å². The molecule has 0 amide bonds. The molecule has 4 heteroatoms. The molecule has 2 nitrogen and oxygen atoms in total. The quantitative estimate of drug-likeness (QED) is 0.659. The van der Waals surface area contributed by atoms with Crippen LogP contribution < -0.4 is 5.32 Å². The molecule has 0 aromatic rings. The van der Waals surface area contributed by atoms with Gasteiger partial charge in [-0.2, -0.15) is 0 Å². The summed E-state index contributed by atoms with van der Waals surface area (Å²) < 4.78 is 17.2. The zero-order valence-corrected chi connectivity index (χ0v) is 7.71. The Hall–Kier alpha value is 0.140. The third-order valence-electron chi connectivity index (χ3n) is 1.66. The minimum absolute atomic E-state index is 0. The highest BCUT2D eigenvalue weighted by molar-refractivity contribution is 5.85. The van der Waals surface area contributed by atoms with E-state index in [1.807, 2.05) is 13.8 Å². The Labute approximate surface area is 72.9 Å². The van der Waals surface area contributed by atoms with Gasteiger partial charge in [0.1, 0.15) is 6.67 Å². The van der Waals surface area contributed by atoms with Crippen LogP contribution in [-0.4, -0.2) is 31.5 Å². The number of hydrogen-bond acceptors (Lipinski definition) is 2. The molecule has 68 valence electrons. The first-order chi connectivity index (χ1) is 4.64.